The fourth-order valence-electron chi connectivity index (χ4n) is 2.15. The quantitative estimate of drug-likeness (QED) is 0.788. The van der Waals surface area contributed by atoms with E-state index in [9.17, 15) is 4.79 Å². The summed E-state index contributed by atoms with van der Waals surface area (Å²) in [5, 5.41) is 2.91. The summed E-state index contributed by atoms with van der Waals surface area (Å²) in [5.74, 6) is -0.113. The van der Waals surface area contributed by atoms with Crippen LogP contribution >= 0.6 is 0 Å². The largest absolute Gasteiger partial charge is 0.346 e. The van der Waals surface area contributed by atoms with Crippen molar-refractivity contribution in [1.82, 2.24) is 19.7 Å². The van der Waals surface area contributed by atoms with Crippen LogP contribution in [0.3, 0.4) is 0 Å². The summed E-state index contributed by atoms with van der Waals surface area (Å²) in [6.07, 6.45) is 5.16. The Morgan fingerprint density at radius 2 is 2.05 bits per heavy atom. The highest BCUT2D eigenvalue weighted by Crippen LogP contribution is 2.11. The lowest BCUT2D eigenvalue weighted by atomic mass is 10.2. The minimum atomic E-state index is -0.113. The molecule has 0 aromatic carbocycles. The van der Waals surface area contributed by atoms with Crippen molar-refractivity contribution in [2.24, 2.45) is 0 Å². The number of nitrogens with zero attached hydrogens (tertiary/aromatic N) is 3. The lowest BCUT2D eigenvalue weighted by Gasteiger charge is -2.06. The molecule has 0 fully saturated rings. The van der Waals surface area contributed by atoms with Gasteiger partial charge in [0.2, 0.25) is 0 Å². The van der Waals surface area contributed by atoms with E-state index in [-0.39, 0.29) is 5.91 Å². The molecular weight excluding hydrogens is 252 g/mol. The Hall–Kier alpha value is -2.69. The molecule has 1 N–H and O–H groups in total. The van der Waals surface area contributed by atoms with Crippen molar-refractivity contribution < 1.29 is 4.79 Å². The number of fused-ring (bicyclic) bond motifs is 1. The second-order valence-corrected chi connectivity index (χ2v) is 4.49. The normalized spacial score (nSPS) is 10.7. The Labute approximate surface area is 116 Å². The second kappa shape index (κ2) is 5.13. The van der Waals surface area contributed by atoms with Crippen molar-refractivity contribution >= 4 is 11.6 Å². The van der Waals surface area contributed by atoms with Gasteiger partial charge in [0.1, 0.15) is 5.65 Å². The molecule has 0 unspecified atom stereocenters. The van der Waals surface area contributed by atoms with Crippen LogP contribution in [0, 0.1) is 6.92 Å². The van der Waals surface area contributed by atoms with Gasteiger partial charge in [-0.05, 0) is 31.2 Å². The van der Waals surface area contributed by atoms with Gasteiger partial charge in [0, 0.05) is 24.2 Å². The summed E-state index contributed by atoms with van der Waals surface area (Å²) in [5.41, 5.74) is 3.40. The van der Waals surface area contributed by atoms with Crippen LogP contribution < -0.4 is 5.32 Å². The van der Waals surface area contributed by atoms with E-state index in [0.717, 1.165) is 17.0 Å². The van der Waals surface area contributed by atoms with Crippen molar-refractivity contribution in [3.05, 3.63) is 65.9 Å². The molecule has 0 radical (unpaired) electrons. The summed E-state index contributed by atoms with van der Waals surface area (Å²) in [6.45, 7) is 2.39. The number of pyridine rings is 2. The van der Waals surface area contributed by atoms with Crippen LogP contribution in [-0.4, -0.2) is 20.3 Å². The first-order valence-corrected chi connectivity index (χ1v) is 6.36. The Morgan fingerprint density at radius 3 is 2.85 bits per heavy atom. The summed E-state index contributed by atoms with van der Waals surface area (Å²) in [4.78, 5) is 20.4. The van der Waals surface area contributed by atoms with Crippen LogP contribution in [0.15, 0.2) is 48.9 Å². The van der Waals surface area contributed by atoms with Crippen LogP contribution in [0.5, 0.6) is 0 Å². The molecular formula is C15H14N4O. The molecule has 0 aliphatic heterocycles. The number of aromatic nitrogens is 3. The Kier molecular flexibility index (Phi) is 3.16. The van der Waals surface area contributed by atoms with Gasteiger partial charge in [-0.1, -0.05) is 6.07 Å². The van der Waals surface area contributed by atoms with Gasteiger partial charge in [0.15, 0.2) is 0 Å². The minimum Gasteiger partial charge on any atom is -0.346 e. The van der Waals surface area contributed by atoms with Gasteiger partial charge in [0.05, 0.1) is 17.9 Å². The molecule has 0 aliphatic carbocycles. The molecule has 0 spiro atoms. The van der Waals surface area contributed by atoms with E-state index >= 15 is 0 Å². The second-order valence-electron chi connectivity index (χ2n) is 4.49. The zero-order chi connectivity index (χ0) is 13.9. The number of carbonyl (C=O) groups is 1. The highest BCUT2D eigenvalue weighted by atomic mass is 16.1. The standard InChI is InChI=1S/C15H14N4O/c1-11-13(19-9-3-2-4-14(19)18-11)10-17-15(20)12-5-7-16-8-6-12/h2-9H,10H2,1H3,(H,17,20). The maximum atomic E-state index is 12.0. The maximum Gasteiger partial charge on any atom is 0.251 e. The van der Waals surface area contributed by atoms with Crippen LogP contribution in [0.4, 0.5) is 0 Å². The molecule has 1 amide bonds. The molecule has 3 heterocycles. The van der Waals surface area contributed by atoms with Crippen LogP contribution in [0.1, 0.15) is 21.7 Å². The first-order valence-electron chi connectivity index (χ1n) is 6.36. The zero-order valence-corrected chi connectivity index (χ0v) is 11.1. The molecule has 5 heteroatoms. The third-order valence-electron chi connectivity index (χ3n) is 3.19. The van der Waals surface area contributed by atoms with Crippen LogP contribution in [-0.2, 0) is 6.54 Å². The summed E-state index contributed by atoms with van der Waals surface area (Å²) < 4.78 is 1.99. The lowest BCUT2D eigenvalue weighted by molar-refractivity contribution is 0.0950. The van der Waals surface area contributed by atoms with Crippen molar-refractivity contribution in [3.8, 4) is 0 Å². The third kappa shape index (κ3) is 2.25. The molecule has 20 heavy (non-hydrogen) atoms. The molecule has 3 aromatic heterocycles. The van der Waals surface area contributed by atoms with Gasteiger partial charge in [0.25, 0.3) is 5.91 Å². The van der Waals surface area contributed by atoms with Crippen molar-refractivity contribution in [1.29, 1.82) is 0 Å². The van der Waals surface area contributed by atoms with Crippen molar-refractivity contribution in [2.75, 3.05) is 0 Å². The van der Waals surface area contributed by atoms with Crippen molar-refractivity contribution in [2.45, 2.75) is 13.5 Å². The van der Waals surface area contributed by atoms with Crippen LogP contribution in [0.25, 0.3) is 5.65 Å². The molecule has 0 atom stereocenters. The molecule has 3 aromatic rings. The fraction of sp³-hybridized carbons (Fsp3) is 0.133. The fourth-order valence-corrected chi connectivity index (χ4v) is 2.15. The maximum absolute atomic E-state index is 12.0. The third-order valence-corrected chi connectivity index (χ3v) is 3.19. The highest BCUT2D eigenvalue weighted by molar-refractivity contribution is 5.93. The minimum absolute atomic E-state index is 0.113. The van der Waals surface area contributed by atoms with E-state index in [4.69, 9.17) is 0 Å². The van der Waals surface area contributed by atoms with E-state index in [2.05, 4.69) is 15.3 Å². The summed E-state index contributed by atoms with van der Waals surface area (Å²) >= 11 is 0. The predicted molar refractivity (Wildman–Crippen MR) is 75.3 cm³/mol. The predicted octanol–water partition coefficient (Wildman–Crippen LogP) is 1.97. The van der Waals surface area contributed by atoms with Crippen LogP contribution in [0.2, 0.25) is 0 Å². The number of amides is 1. The Bertz CT molecular complexity index is 749. The van der Waals surface area contributed by atoms with Gasteiger partial charge in [-0.15, -0.1) is 0 Å². The SMILES string of the molecule is Cc1nc2ccccn2c1CNC(=O)c1ccncc1. The van der Waals surface area contributed by atoms with E-state index < -0.39 is 0 Å². The monoisotopic (exact) mass is 266 g/mol. The molecule has 0 aliphatic rings. The zero-order valence-electron chi connectivity index (χ0n) is 11.1. The molecule has 5 nitrogen and oxygen atoms in total. The van der Waals surface area contributed by atoms with Gasteiger partial charge in [-0.3, -0.25) is 9.78 Å². The van der Waals surface area contributed by atoms with E-state index in [1.54, 1.807) is 24.5 Å². The van der Waals surface area contributed by atoms with Gasteiger partial charge in [-0.2, -0.15) is 0 Å². The number of hydrogen-bond acceptors (Lipinski definition) is 3. The Balaban J connectivity index is 1.81. The number of nitrogens with one attached hydrogen (secondary N) is 1. The summed E-state index contributed by atoms with van der Waals surface area (Å²) in [6, 6.07) is 9.22. The number of aryl methyl sites for hydroxylation is 1. The van der Waals surface area contributed by atoms with E-state index in [0.29, 0.717) is 12.1 Å². The average Bonchev–Trinajstić information content (AvgIpc) is 2.81. The van der Waals surface area contributed by atoms with E-state index in [1.165, 1.54) is 0 Å². The molecule has 0 saturated carbocycles. The first-order chi connectivity index (χ1) is 9.75. The van der Waals surface area contributed by atoms with E-state index in [1.807, 2.05) is 35.7 Å². The molecule has 100 valence electrons. The van der Waals surface area contributed by atoms with Crippen molar-refractivity contribution in [3.63, 3.8) is 0 Å². The number of imidazole rings is 1. The topological polar surface area (TPSA) is 59.3 Å². The molecule has 0 bridgehead atoms. The number of hydrogen-bond donors (Lipinski definition) is 1. The summed E-state index contributed by atoms with van der Waals surface area (Å²) in [7, 11) is 0. The average molecular weight is 266 g/mol. The molecule has 3 rings (SSSR count). The molecule has 0 saturated heterocycles. The first kappa shape index (κ1) is 12.3. The lowest BCUT2D eigenvalue weighted by Crippen LogP contribution is -2.23. The highest BCUT2D eigenvalue weighted by Gasteiger charge is 2.10. The number of carbonyl (C=O) groups excluding carboxylic acids is 1. The Morgan fingerprint density at radius 1 is 1.25 bits per heavy atom. The van der Waals surface area contributed by atoms with Gasteiger partial charge >= 0.3 is 0 Å². The number of rotatable bonds is 3. The van der Waals surface area contributed by atoms with Gasteiger partial charge in [-0.25, -0.2) is 4.98 Å². The smallest absolute Gasteiger partial charge is 0.251 e. The van der Waals surface area contributed by atoms with Gasteiger partial charge < -0.3 is 9.72 Å².